The minimum Gasteiger partial charge on any atom is -0.496 e. The largest absolute Gasteiger partial charge is 0.573 e. The number of piperazine rings is 1. The first-order valence-corrected chi connectivity index (χ1v) is 12.5. The summed E-state index contributed by atoms with van der Waals surface area (Å²) < 4.78 is 48.4. The minimum absolute atomic E-state index is 0.00792. The Bertz CT molecular complexity index is 1290. The zero-order valence-electron chi connectivity index (χ0n) is 20.7. The molecule has 9 nitrogen and oxygen atoms in total. The number of para-hydroxylation sites is 1. The number of nitrogens with one attached hydrogen (secondary N) is 1. The number of anilines is 1. The van der Waals surface area contributed by atoms with Gasteiger partial charge >= 0.3 is 6.36 Å². The van der Waals surface area contributed by atoms with Gasteiger partial charge in [0.05, 0.1) is 31.3 Å². The fraction of sp³-hybridized carbons (Fsp3) is 0.360. The average Bonchev–Trinajstić information content (AvgIpc) is 3.33. The van der Waals surface area contributed by atoms with E-state index in [4.69, 9.17) is 4.74 Å². The molecule has 2 aromatic carbocycles. The number of carbonyl (C=O) groups is 2. The van der Waals surface area contributed by atoms with Crippen molar-refractivity contribution >= 4 is 28.7 Å². The maximum Gasteiger partial charge on any atom is 0.573 e. The van der Waals surface area contributed by atoms with E-state index in [0.29, 0.717) is 28.9 Å². The Morgan fingerprint density at radius 1 is 1.05 bits per heavy atom. The maximum atomic E-state index is 13.0. The number of carbonyl (C=O) groups excluding carboxylic acids is 2. The number of hydrogen-bond acceptors (Lipinski definition) is 9. The number of halogens is 3. The molecule has 0 saturated carbocycles. The monoisotopic (exact) mass is 549 g/mol. The summed E-state index contributed by atoms with van der Waals surface area (Å²) in [5, 5.41) is 11.7. The van der Waals surface area contributed by atoms with E-state index in [1.54, 1.807) is 6.07 Å². The molecular weight excluding hydrogens is 523 g/mol. The molecule has 1 fully saturated rings. The zero-order chi connectivity index (χ0) is 27.3. The highest BCUT2D eigenvalue weighted by molar-refractivity contribution is 7.14. The first kappa shape index (κ1) is 27.5. The van der Waals surface area contributed by atoms with Gasteiger partial charge in [-0.3, -0.25) is 14.5 Å². The molecule has 0 bridgehead atoms. The van der Waals surface area contributed by atoms with Gasteiger partial charge in [-0.05, 0) is 37.4 Å². The molecule has 1 aliphatic rings. The number of alkyl halides is 3. The molecule has 0 radical (unpaired) electrons. The van der Waals surface area contributed by atoms with Crippen LogP contribution < -0.4 is 14.8 Å². The van der Waals surface area contributed by atoms with Crippen molar-refractivity contribution in [2.45, 2.75) is 12.8 Å². The van der Waals surface area contributed by atoms with E-state index in [9.17, 15) is 22.8 Å². The summed E-state index contributed by atoms with van der Waals surface area (Å²) in [4.78, 5) is 29.6. The van der Waals surface area contributed by atoms with Gasteiger partial charge in [0.2, 0.25) is 5.91 Å². The molecule has 0 unspecified atom stereocenters. The molecule has 2 heterocycles. The van der Waals surface area contributed by atoms with Gasteiger partial charge in [-0.25, -0.2) is 0 Å². The van der Waals surface area contributed by atoms with Gasteiger partial charge in [-0.15, -0.1) is 23.4 Å². The van der Waals surface area contributed by atoms with Crippen LogP contribution in [0, 0.1) is 0 Å². The highest BCUT2D eigenvalue weighted by Gasteiger charge is 2.33. The van der Waals surface area contributed by atoms with Crippen molar-refractivity contribution in [2.75, 3.05) is 52.2 Å². The summed E-state index contributed by atoms with van der Waals surface area (Å²) in [5.74, 6) is -0.897. The van der Waals surface area contributed by atoms with Crippen molar-refractivity contribution in [3.05, 3.63) is 53.0 Å². The van der Waals surface area contributed by atoms with Crippen LogP contribution in [0.5, 0.6) is 11.5 Å². The van der Waals surface area contributed by atoms with E-state index >= 15 is 0 Å². The van der Waals surface area contributed by atoms with Gasteiger partial charge in [0.1, 0.15) is 10.8 Å². The number of ketones is 1. The van der Waals surface area contributed by atoms with Crippen molar-refractivity contribution in [1.82, 2.24) is 20.0 Å². The quantitative estimate of drug-likeness (QED) is 0.404. The molecule has 1 aliphatic heterocycles. The van der Waals surface area contributed by atoms with Crippen LogP contribution in [0.15, 0.2) is 42.5 Å². The summed E-state index contributed by atoms with van der Waals surface area (Å²) in [6.07, 6.45) is -5.09. The van der Waals surface area contributed by atoms with Crippen molar-refractivity contribution < 1.29 is 32.2 Å². The molecule has 202 valence electrons. The van der Waals surface area contributed by atoms with Crippen molar-refractivity contribution in [3.8, 4) is 22.1 Å². The lowest BCUT2D eigenvalue weighted by atomic mass is 10.1. The van der Waals surface area contributed by atoms with Crippen molar-refractivity contribution in [2.24, 2.45) is 0 Å². The second kappa shape index (κ2) is 11.9. The lowest BCUT2D eigenvalue weighted by Gasteiger charge is -2.31. The molecule has 13 heteroatoms. The van der Waals surface area contributed by atoms with E-state index in [0.717, 1.165) is 24.7 Å². The summed E-state index contributed by atoms with van der Waals surface area (Å²) in [6.45, 7) is 2.89. The standard InChI is InChI=1S/C25H26F3N5O4S/c1-32-9-11-33(12-10-32)15-22(35)29-18-13-16(7-8-21(18)37-25(26,27)28)19(34)14-23-30-31-24(38-23)17-5-3-4-6-20(17)36-2/h3-8,13H,9-12,14-15H2,1-2H3,(H,29,35). The Labute approximate surface area is 221 Å². The highest BCUT2D eigenvalue weighted by Crippen LogP contribution is 2.33. The Hall–Kier alpha value is -3.55. The van der Waals surface area contributed by atoms with Crippen molar-refractivity contribution in [1.29, 1.82) is 0 Å². The Morgan fingerprint density at radius 3 is 2.50 bits per heavy atom. The number of amides is 1. The summed E-state index contributed by atoms with van der Waals surface area (Å²) in [7, 11) is 3.51. The topological polar surface area (TPSA) is 96.9 Å². The van der Waals surface area contributed by atoms with Gasteiger partial charge in [0, 0.05) is 31.7 Å². The molecule has 3 aromatic rings. The Kier molecular flexibility index (Phi) is 8.59. The third-order valence-electron chi connectivity index (χ3n) is 5.88. The molecular formula is C25H26F3N5O4S. The Balaban J connectivity index is 1.49. The van der Waals surface area contributed by atoms with Crippen LogP contribution in [0.3, 0.4) is 0 Å². The molecule has 0 aliphatic carbocycles. The van der Waals surface area contributed by atoms with Crippen LogP contribution in [-0.2, 0) is 11.2 Å². The smallest absolute Gasteiger partial charge is 0.496 e. The molecule has 4 rings (SSSR count). The molecule has 1 amide bonds. The number of rotatable bonds is 9. The van der Waals surface area contributed by atoms with E-state index in [2.05, 4.69) is 25.2 Å². The van der Waals surface area contributed by atoms with Crippen LogP contribution in [0.1, 0.15) is 15.4 Å². The lowest BCUT2D eigenvalue weighted by Crippen LogP contribution is -2.47. The second-order valence-electron chi connectivity index (χ2n) is 8.69. The van der Waals surface area contributed by atoms with Crippen molar-refractivity contribution in [3.63, 3.8) is 0 Å². The fourth-order valence-corrected chi connectivity index (χ4v) is 4.78. The van der Waals surface area contributed by atoms with Gasteiger partial charge in [-0.2, -0.15) is 0 Å². The molecule has 0 atom stereocenters. The number of nitrogens with zero attached hydrogens (tertiary/aromatic N) is 4. The SMILES string of the molecule is COc1ccccc1-c1nnc(CC(=O)c2ccc(OC(F)(F)F)c(NC(=O)CN3CCN(C)CC3)c2)s1. The van der Waals surface area contributed by atoms with Crippen LogP contribution in [0.4, 0.5) is 18.9 Å². The van der Waals surface area contributed by atoms with Crippen LogP contribution in [-0.4, -0.2) is 84.9 Å². The molecule has 0 spiro atoms. The number of likely N-dealkylation sites (N-methyl/N-ethyl adjacent to an activating group) is 1. The number of hydrogen-bond donors (Lipinski definition) is 1. The third kappa shape index (κ3) is 7.27. The molecule has 38 heavy (non-hydrogen) atoms. The van der Waals surface area contributed by atoms with E-state index in [-0.39, 0.29) is 24.2 Å². The molecule has 1 N–H and O–H groups in total. The molecule has 1 saturated heterocycles. The van der Waals surface area contributed by atoms with Gasteiger partial charge in [0.25, 0.3) is 0 Å². The highest BCUT2D eigenvalue weighted by atomic mass is 32.1. The van der Waals surface area contributed by atoms with E-state index in [1.807, 2.05) is 30.1 Å². The first-order valence-electron chi connectivity index (χ1n) is 11.7. The van der Waals surface area contributed by atoms with E-state index < -0.39 is 23.8 Å². The third-order valence-corrected chi connectivity index (χ3v) is 6.84. The van der Waals surface area contributed by atoms with Gasteiger partial charge in [-0.1, -0.05) is 23.5 Å². The van der Waals surface area contributed by atoms with Crippen LogP contribution >= 0.6 is 11.3 Å². The summed E-state index contributed by atoms with van der Waals surface area (Å²) in [5.41, 5.74) is 0.591. The number of benzene rings is 2. The number of Topliss-reactive ketones (excluding diaryl/α,β-unsaturated/α-hetero) is 1. The minimum atomic E-state index is -4.97. The predicted octanol–water partition coefficient (Wildman–Crippen LogP) is 3.72. The van der Waals surface area contributed by atoms with Gasteiger partial charge < -0.3 is 19.7 Å². The lowest BCUT2D eigenvalue weighted by molar-refractivity contribution is -0.274. The van der Waals surface area contributed by atoms with Gasteiger partial charge in [0.15, 0.2) is 16.5 Å². The van der Waals surface area contributed by atoms with Crippen LogP contribution in [0.25, 0.3) is 10.6 Å². The van der Waals surface area contributed by atoms with Crippen LogP contribution in [0.2, 0.25) is 0 Å². The normalized spacial score (nSPS) is 14.8. The summed E-state index contributed by atoms with van der Waals surface area (Å²) >= 11 is 1.21. The number of methoxy groups -OCH3 is 1. The van der Waals surface area contributed by atoms with E-state index in [1.165, 1.54) is 30.6 Å². The summed E-state index contributed by atoms with van der Waals surface area (Å²) in [6, 6.07) is 10.7. The fourth-order valence-electron chi connectivity index (χ4n) is 3.91. The zero-order valence-corrected chi connectivity index (χ0v) is 21.6. The number of ether oxygens (including phenoxy) is 2. The Morgan fingerprint density at radius 2 is 1.79 bits per heavy atom. The average molecular weight is 550 g/mol. The maximum absolute atomic E-state index is 13.0. The number of aromatic nitrogens is 2. The second-order valence-corrected chi connectivity index (χ2v) is 9.75. The predicted molar refractivity (Wildman–Crippen MR) is 136 cm³/mol. The molecule has 1 aromatic heterocycles. The first-order chi connectivity index (χ1) is 18.1.